The SMILES string of the molecule is CCN(c1nccs1)C1C=C2C(=CC1C)OCCN2Cc1c[nH]cn1. The Morgan fingerprint density at radius 3 is 3.04 bits per heavy atom. The highest BCUT2D eigenvalue weighted by Crippen LogP contribution is 2.34. The van der Waals surface area contributed by atoms with Crippen molar-refractivity contribution >= 4 is 16.5 Å². The number of H-pyrrole nitrogens is 1. The summed E-state index contributed by atoms with van der Waals surface area (Å²) in [5.41, 5.74) is 2.22. The molecular weight excluding hydrogens is 334 g/mol. The van der Waals surface area contributed by atoms with E-state index in [1.807, 2.05) is 17.8 Å². The average molecular weight is 357 g/mol. The largest absolute Gasteiger partial charge is 0.490 e. The molecule has 1 N–H and O–H groups in total. The van der Waals surface area contributed by atoms with Crippen LogP contribution in [0.5, 0.6) is 0 Å². The highest BCUT2D eigenvalue weighted by Gasteiger charge is 2.32. The van der Waals surface area contributed by atoms with Gasteiger partial charge >= 0.3 is 0 Å². The number of fused-ring (bicyclic) bond motifs is 1. The number of nitrogens with one attached hydrogen (secondary N) is 1. The second-order valence-electron chi connectivity index (χ2n) is 6.36. The molecule has 2 atom stereocenters. The van der Waals surface area contributed by atoms with Gasteiger partial charge in [-0.25, -0.2) is 9.97 Å². The number of thiazole rings is 1. The molecule has 0 spiro atoms. The predicted molar refractivity (Wildman–Crippen MR) is 99.2 cm³/mol. The molecule has 0 saturated carbocycles. The standard InChI is InChI=1S/C18H23N5OS/c1-3-23(18-20-4-7-25-18)15-9-16-17(8-13(15)2)24-6-5-22(16)11-14-10-19-12-21-14/h4,7-10,12-13,15H,3,5-6,11H2,1-2H3,(H,19,21). The molecule has 2 aromatic rings. The van der Waals surface area contributed by atoms with Crippen molar-refractivity contribution in [3.63, 3.8) is 0 Å². The van der Waals surface area contributed by atoms with Gasteiger partial charge in [-0.15, -0.1) is 11.3 Å². The topological polar surface area (TPSA) is 57.3 Å². The van der Waals surface area contributed by atoms with Gasteiger partial charge in [0.1, 0.15) is 12.4 Å². The molecule has 132 valence electrons. The lowest BCUT2D eigenvalue weighted by Gasteiger charge is -2.40. The molecule has 0 radical (unpaired) electrons. The third kappa shape index (κ3) is 3.16. The summed E-state index contributed by atoms with van der Waals surface area (Å²) in [6.07, 6.45) is 10.2. The van der Waals surface area contributed by atoms with Crippen LogP contribution in [0.15, 0.2) is 47.7 Å². The second kappa shape index (κ2) is 6.92. The van der Waals surface area contributed by atoms with Gasteiger partial charge < -0.3 is 19.5 Å². The van der Waals surface area contributed by atoms with E-state index in [2.05, 4.69) is 50.8 Å². The first-order valence-electron chi connectivity index (χ1n) is 8.72. The van der Waals surface area contributed by atoms with Crippen LogP contribution in [0, 0.1) is 5.92 Å². The minimum Gasteiger partial charge on any atom is -0.490 e. The lowest BCUT2D eigenvalue weighted by atomic mass is 9.92. The molecule has 0 aromatic carbocycles. The zero-order valence-electron chi connectivity index (χ0n) is 14.6. The summed E-state index contributed by atoms with van der Waals surface area (Å²) in [4.78, 5) is 16.7. The Balaban J connectivity index is 1.63. The first kappa shape index (κ1) is 16.2. The normalized spacial score (nSPS) is 22.7. The van der Waals surface area contributed by atoms with Crippen LogP contribution in [0.2, 0.25) is 0 Å². The smallest absolute Gasteiger partial charge is 0.185 e. The third-order valence-corrected chi connectivity index (χ3v) is 5.58. The van der Waals surface area contributed by atoms with E-state index in [9.17, 15) is 0 Å². The van der Waals surface area contributed by atoms with Crippen molar-refractivity contribution in [2.24, 2.45) is 5.92 Å². The molecule has 1 aliphatic heterocycles. The van der Waals surface area contributed by atoms with Crippen LogP contribution < -0.4 is 4.90 Å². The maximum Gasteiger partial charge on any atom is 0.185 e. The number of rotatable bonds is 5. The first-order chi connectivity index (χ1) is 12.3. The van der Waals surface area contributed by atoms with E-state index in [0.717, 1.165) is 42.8 Å². The van der Waals surface area contributed by atoms with Crippen LogP contribution >= 0.6 is 11.3 Å². The number of aromatic nitrogens is 3. The fraction of sp³-hybridized carbons (Fsp3) is 0.444. The van der Waals surface area contributed by atoms with Crippen LogP contribution in [0.1, 0.15) is 19.5 Å². The van der Waals surface area contributed by atoms with Gasteiger partial charge in [0.2, 0.25) is 0 Å². The monoisotopic (exact) mass is 357 g/mol. The number of nitrogens with zero attached hydrogens (tertiary/aromatic N) is 4. The van der Waals surface area contributed by atoms with Crippen LogP contribution in [-0.4, -0.2) is 45.6 Å². The van der Waals surface area contributed by atoms with E-state index in [1.54, 1.807) is 17.7 Å². The average Bonchev–Trinajstić information content (AvgIpc) is 3.30. The van der Waals surface area contributed by atoms with E-state index < -0.39 is 0 Å². The fourth-order valence-electron chi connectivity index (χ4n) is 3.53. The number of imidazole rings is 1. The number of morpholine rings is 1. The number of hydrogen-bond acceptors (Lipinski definition) is 6. The summed E-state index contributed by atoms with van der Waals surface area (Å²) in [7, 11) is 0. The lowest BCUT2D eigenvalue weighted by molar-refractivity contribution is 0.118. The predicted octanol–water partition coefficient (Wildman–Crippen LogP) is 3.01. The van der Waals surface area contributed by atoms with Gasteiger partial charge in [-0.3, -0.25) is 0 Å². The van der Waals surface area contributed by atoms with E-state index in [-0.39, 0.29) is 6.04 Å². The van der Waals surface area contributed by atoms with Gasteiger partial charge in [-0.2, -0.15) is 0 Å². The van der Waals surface area contributed by atoms with Gasteiger partial charge in [0.25, 0.3) is 0 Å². The molecule has 1 aliphatic carbocycles. The molecule has 7 heteroatoms. The van der Waals surface area contributed by atoms with E-state index in [4.69, 9.17) is 4.74 Å². The van der Waals surface area contributed by atoms with E-state index in [1.165, 1.54) is 5.70 Å². The molecule has 1 saturated heterocycles. The van der Waals surface area contributed by atoms with Crippen molar-refractivity contribution in [3.05, 3.63) is 53.4 Å². The molecule has 1 fully saturated rings. The molecule has 0 bridgehead atoms. The first-order valence-corrected chi connectivity index (χ1v) is 9.59. The molecule has 2 unspecified atom stereocenters. The number of aromatic amines is 1. The fourth-order valence-corrected chi connectivity index (χ4v) is 4.28. The van der Waals surface area contributed by atoms with Gasteiger partial charge in [-0.05, 0) is 19.1 Å². The molecular formula is C18H23N5OS. The molecule has 4 rings (SSSR count). The van der Waals surface area contributed by atoms with Crippen molar-refractivity contribution in [3.8, 4) is 0 Å². The summed E-state index contributed by atoms with van der Waals surface area (Å²) in [6.45, 7) is 7.74. The molecule has 6 nitrogen and oxygen atoms in total. The molecule has 3 heterocycles. The van der Waals surface area contributed by atoms with Gasteiger partial charge in [0.15, 0.2) is 5.13 Å². The highest BCUT2D eigenvalue weighted by molar-refractivity contribution is 7.13. The second-order valence-corrected chi connectivity index (χ2v) is 7.24. The third-order valence-electron chi connectivity index (χ3n) is 4.77. The summed E-state index contributed by atoms with van der Waals surface area (Å²) in [5.74, 6) is 1.37. The van der Waals surface area contributed by atoms with Gasteiger partial charge in [-0.1, -0.05) is 6.92 Å². The minimum atomic E-state index is 0.276. The minimum absolute atomic E-state index is 0.276. The van der Waals surface area contributed by atoms with Crippen LogP contribution in [0.4, 0.5) is 5.13 Å². The Morgan fingerprint density at radius 2 is 2.32 bits per heavy atom. The maximum absolute atomic E-state index is 5.95. The number of anilines is 1. The Labute approximate surface area is 151 Å². The molecule has 0 amide bonds. The van der Waals surface area contributed by atoms with Crippen LogP contribution in [0.3, 0.4) is 0 Å². The maximum atomic E-state index is 5.95. The summed E-state index contributed by atoms with van der Waals surface area (Å²) in [5, 5.41) is 3.11. The Hall–Kier alpha value is -2.28. The zero-order valence-corrected chi connectivity index (χ0v) is 15.4. The van der Waals surface area contributed by atoms with Crippen molar-refractivity contribution in [1.82, 2.24) is 19.9 Å². The molecule has 2 aliphatic rings. The van der Waals surface area contributed by atoms with Gasteiger partial charge in [0, 0.05) is 30.2 Å². The zero-order chi connectivity index (χ0) is 17.2. The van der Waals surface area contributed by atoms with Crippen molar-refractivity contribution < 1.29 is 4.74 Å². The Bertz CT molecular complexity index is 753. The summed E-state index contributed by atoms with van der Waals surface area (Å²) < 4.78 is 5.95. The van der Waals surface area contributed by atoms with E-state index >= 15 is 0 Å². The van der Waals surface area contributed by atoms with Crippen LogP contribution in [-0.2, 0) is 11.3 Å². The van der Waals surface area contributed by atoms with Crippen molar-refractivity contribution in [2.45, 2.75) is 26.4 Å². The quantitative estimate of drug-likeness (QED) is 0.891. The van der Waals surface area contributed by atoms with Crippen molar-refractivity contribution in [2.75, 3.05) is 24.6 Å². The van der Waals surface area contributed by atoms with Gasteiger partial charge in [0.05, 0.1) is 36.8 Å². The molecule has 25 heavy (non-hydrogen) atoms. The Kier molecular flexibility index (Phi) is 4.48. The summed E-state index contributed by atoms with van der Waals surface area (Å²) in [6, 6.07) is 0.276. The van der Waals surface area contributed by atoms with Crippen LogP contribution in [0.25, 0.3) is 0 Å². The highest BCUT2D eigenvalue weighted by atomic mass is 32.1. The summed E-state index contributed by atoms with van der Waals surface area (Å²) >= 11 is 1.69. The van der Waals surface area contributed by atoms with Crippen molar-refractivity contribution in [1.29, 1.82) is 0 Å². The van der Waals surface area contributed by atoms with E-state index in [0.29, 0.717) is 5.92 Å². The number of likely N-dealkylation sites (N-methyl/N-ethyl adjacent to an activating group) is 1. The number of hydrogen-bond donors (Lipinski definition) is 1. The lowest BCUT2D eigenvalue weighted by Crippen LogP contribution is -2.43. The Morgan fingerprint density at radius 1 is 1.40 bits per heavy atom. The number of ether oxygens (including phenoxy) is 1. The molecule has 2 aromatic heterocycles.